The number of aromatic nitrogens is 2. The summed E-state index contributed by atoms with van der Waals surface area (Å²) in [5.74, 6) is 0.420. The number of hydrogen-bond acceptors (Lipinski definition) is 3. The molecule has 0 amide bonds. The minimum Gasteiger partial charge on any atom is -0.305 e. The molecule has 3 aromatic heterocycles. The Labute approximate surface area is 298 Å². The van der Waals surface area contributed by atoms with Crippen molar-refractivity contribution in [3.05, 3.63) is 139 Å². The minimum absolute atomic E-state index is 0. The van der Waals surface area contributed by atoms with Gasteiger partial charge in [-0.1, -0.05) is 112 Å². The van der Waals surface area contributed by atoms with E-state index in [0.29, 0.717) is 5.92 Å². The van der Waals surface area contributed by atoms with Crippen LogP contribution >= 0.6 is 11.3 Å². The molecule has 5 heteroatoms. The Hall–Kier alpha value is -3.73. The van der Waals surface area contributed by atoms with E-state index in [9.17, 15) is 0 Å². The average Bonchev–Trinajstić information content (AvgIpc) is 3.46. The monoisotopic (exact) mass is 825 g/mol. The summed E-state index contributed by atoms with van der Waals surface area (Å²) < 4.78 is 2.59. The zero-order chi connectivity index (χ0) is 32.3. The zero-order valence-electron chi connectivity index (χ0n) is 27.9. The van der Waals surface area contributed by atoms with E-state index in [1.54, 1.807) is 0 Å². The molecule has 0 aliphatic rings. The topological polar surface area (TPSA) is 25.8 Å². The summed E-state index contributed by atoms with van der Waals surface area (Å²) in [5.41, 5.74) is 9.34. The van der Waals surface area contributed by atoms with E-state index >= 15 is 0 Å². The Bertz CT molecular complexity index is 2100. The molecule has 47 heavy (non-hydrogen) atoms. The van der Waals surface area contributed by atoms with Crippen molar-refractivity contribution in [2.75, 3.05) is 0 Å². The molecular weight excluding hydrogens is 785 g/mol. The quantitative estimate of drug-likeness (QED) is 0.123. The molecule has 7 rings (SSSR count). The van der Waals surface area contributed by atoms with Crippen LogP contribution in [0.4, 0.5) is 0 Å². The fraction of sp³-hybridized carbons (Fsp3) is 0.190. The van der Waals surface area contributed by atoms with Crippen molar-refractivity contribution in [3.63, 3.8) is 0 Å². The summed E-state index contributed by atoms with van der Waals surface area (Å²) in [6.45, 7) is 13.8. The second-order valence-corrected chi connectivity index (χ2v) is 19.1. The van der Waals surface area contributed by atoms with Gasteiger partial charge >= 0.3 is 0 Å². The Morgan fingerprint density at radius 2 is 1.43 bits per heavy atom. The van der Waals surface area contributed by atoms with Crippen LogP contribution in [0.1, 0.15) is 37.8 Å². The summed E-state index contributed by atoms with van der Waals surface area (Å²) in [6.07, 6.45) is 5.19. The Kier molecular flexibility index (Phi) is 11.0. The molecule has 2 nitrogen and oxygen atoms in total. The number of pyridine rings is 2. The fourth-order valence-corrected chi connectivity index (χ4v) is 8.66. The molecule has 4 aromatic carbocycles. The van der Waals surface area contributed by atoms with Gasteiger partial charge in [0.15, 0.2) is 0 Å². The van der Waals surface area contributed by atoms with Crippen LogP contribution in [0.25, 0.3) is 53.8 Å². The van der Waals surface area contributed by atoms with E-state index in [4.69, 9.17) is 4.98 Å². The number of rotatable bonds is 6. The summed E-state index contributed by atoms with van der Waals surface area (Å²) in [5, 5.41) is 4.06. The van der Waals surface area contributed by atoms with E-state index < -0.39 is 8.07 Å². The van der Waals surface area contributed by atoms with E-state index in [-0.39, 0.29) is 20.1 Å². The van der Waals surface area contributed by atoms with Crippen molar-refractivity contribution in [1.29, 1.82) is 0 Å². The smallest absolute Gasteiger partial charge is 0.0798 e. The van der Waals surface area contributed by atoms with Crippen LogP contribution < -0.4 is 5.19 Å². The van der Waals surface area contributed by atoms with Crippen molar-refractivity contribution in [1.82, 2.24) is 9.97 Å². The zero-order valence-corrected chi connectivity index (χ0v) is 32.1. The van der Waals surface area contributed by atoms with Gasteiger partial charge in [0.25, 0.3) is 0 Å². The summed E-state index contributed by atoms with van der Waals surface area (Å²) in [6, 6.07) is 42.7. The molecule has 0 N–H and O–H groups in total. The van der Waals surface area contributed by atoms with E-state index in [0.717, 1.165) is 28.9 Å². The molecule has 0 fully saturated rings. The number of benzene rings is 4. The molecular formula is C42H40IrN2SSi-2. The van der Waals surface area contributed by atoms with Gasteiger partial charge < -0.3 is 9.97 Å². The first-order valence-corrected chi connectivity index (χ1v) is 20.4. The molecule has 0 bridgehead atoms. The van der Waals surface area contributed by atoms with Crippen molar-refractivity contribution in [2.24, 2.45) is 0 Å². The van der Waals surface area contributed by atoms with Gasteiger partial charge in [0, 0.05) is 37.2 Å². The van der Waals surface area contributed by atoms with Gasteiger partial charge in [-0.15, -0.1) is 59.7 Å². The molecule has 0 saturated heterocycles. The molecule has 3 heterocycles. The summed E-state index contributed by atoms with van der Waals surface area (Å²) >= 11 is 1.82. The molecule has 7 aromatic rings. The largest absolute Gasteiger partial charge is 0.305 e. The molecule has 1 radical (unpaired) electrons. The van der Waals surface area contributed by atoms with Crippen LogP contribution in [-0.2, 0) is 26.5 Å². The van der Waals surface area contributed by atoms with Crippen molar-refractivity contribution in [3.8, 4) is 33.6 Å². The van der Waals surface area contributed by atoms with Crippen molar-refractivity contribution in [2.45, 2.75) is 52.8 Å². The predicted octanol–water partition coefficient (Wildman–Crippen LogP) is 11.4. The maximum absolute atomic E-state index is 4.80. The van der Waals surface area contributed by atoms with Gasteiger partial charge in [-0.3, -0.25) is 0 Å². The first-order chi connectivity index (χ1) is 22.2. The average molecular weight is 825 g/mol. The normalized spacial score (nSPS) is 11.3. The van der Waals surface area contributed by atoms with Gasteiger partial charge in [0.2, 0.25) is 0 Å². The minimum atomic E-state index is -1.30. The molecule has 0 atom stereocenters. The number of thiophene rings is 1. The maximum atomic E-state index is 4.80. The Morgan fingerprint density at radius 3 is 2.13 bits per heavy atom. The molecule has 0 unspecified atom stereocenters. The van der Waals surface area contributed by atoms with Crippen LogP contribution in [-0.4, -0.2) is 18.0 Å². The maximum Gasteiger partial charge on any atom is 0.0798 e. The second kappa shape index (κ2) is 15.0. The van der Waals surface area contributed by atoms with E-state index in [2.05, 4.69) is 149 Å². The van der Waals surface area contributed by atoms with Crippen molar-refractivity contribution < 1.29 is 20.1 Å². The van der Waals surface area contributed by atoms with Crippen LogP contribution in [0.15, 0.2) is 116 Å². The molecule has 0 spiro atoms. The molecule has 0 saturated carbocycles. The first-order valence-electron chi connectivity index (χ1n) is 16.1. The number of aryl methyl sites for hydroxylation is 1. The second-order valence-electron chi connectivity index (χ2n) is 13.0. The van der Waals surface area contributed by atoms with Crippen LogP contribution in [0.3, 0.4) is 0 Å². The fourth-order valence-electron chi connectivity index (χ4n) is 5.92. The summed E-state index contributed by atoms with van der Waals surface area (Å²) in [7, 11) is -1.30. The Morgan fingerprint density at radius 1 is 0.723 bits per heavy atom. The summed E-state index contributed by atoms with van der Waals surface area (Å²) in [4.78, 5) is 9.43. The predicted molar refractivity (Wildman–Crippen MR) is 202 cm³/mol. The van der Waals surface area contributed by atoms with E-state index in [1.165, 1.54) is 47.6 Å². The molecule has 0 aliphatic carbocycles. The standard InChI is InChI=1S/C26H20NS.C16H20NSi.Ir/c1-17(2)23-16-27-24(15-21(23)18-8-4-3-5-9-18)19-12-13-26-22(14-19)20-10-6-7-11-25(20)28-26;1-5-13-11-15(14-9-7-6-8-10-14)17-12-16(13)18(2,3)4;/h3-11,13-17H,1-2H3;6-9,11-12H,5H2,1-4H3;/q2*-1;. The molecule has 0 aliphatic heterocycles. The van der Waals surface area contributed by atoms with Gasteiger partial charge in [-0.25, -0.2) is 0 Å². The third-order valence-corrected chi connectivity index (χ3v) is 11.6. The van der Waals surface area contributed by atoms with Crippen LogP contribution in [0.2, 0.25) is 19.6 Å². The van der Waals surface area contributed by atoms with Gasteiger partial charge in [-0.05, 0) is 61.8 Å². The van der Waals surface area contributed by atoms with Gasteiger partial charge in [-0.2, -0.15) is 11.3 Å². The third-order valence-electron chi connectivity index (χ3n) is 8.39. The van der Waals surface area contributed by atoms with Crippen LogP contribution in [0.5, 0.6) is 0 Å². The van der Waals surface area contributed by atoms with Gasteiger partial charge in [0.1, 0.15) is 0 Å². The number of fused-ring (bicyclic) bond motifs is 3. The third kappa shape index (κ3) is 7.71. The first kappa shape index (κ1) is 34.6. The van der Waals surface area contributed by atoms with Crippen LogP contribution in [0, 0.1) is 12.1 Å². The van der Waals surface area contributed by atoms with Crippen molar-refractivity contribution >= 4 is 44.8 Å². The van der Waals surface area contributed by atoms with Gasteiger partial charge in [0.05, 0.1) is 8.07 Å². The Balaban J connectivity index is 0.000000199. The van der Waals surface area contributed by atoms with E-state index in [1.807, 2.05) is 35.7 Å². The SMILES string of the molecule is CC(C)c1cnc(-c2[c-]cc3sc4ccccc4c3c2)cc1-c1ccccc1.CCc1cc(-c2[c-]cccc2)ncc1[Si](C)(C)C.[Ir]. The number of nitrogens with zero attached hydrogens (tertiary/aromatic N) is 2. The molecule has 239 valence electrons. The number of hydrogen-bond donors (Lipinski definition) is 0.